The van der Waals surface area contributed by atoms with Crippen LogP contribution in [0.1, 0.15) is 55.2 Å². The number of unbranched alkanes of at least 4 members (excludes halogenated alkanes) is 1. The first-order valence-electron chi connectivity index (χ1n) is 10.3. The molecule has 0 spiro atoms. The van der Waals surface area contributed by atoms with Gasteiger partial charge in [0.15, 0.2) is 0 Å². The zero-order chi connectivity index (χ0) is 19.9. The Morgan fingerprint density at radius 3 is 2.54 bits per heavy atom. The fourth-order valence-electron chi connectivity index (χ4n) is 3.44. The van der Waals surface area contributed by atoms with Crippen molar-refractivity contribution in [3.63, 3.8) is 0 Å². The van der Waals surface area contributed by atoms with Crippen molar-refractivity contribution in [2.75, 3.05) is 41.8 Å². The first kappa shape index (κ1) is 20.1. The number of hydrogen-bond donors (Lipinski definition) is 1. The van der Waals surface area contributed by atoms with Gasteiger partial charge in [0.25, 0.3) is 5.91 Å². The Hall–Kier alpha value is -2.63. The Labute approximate surface area is 168 Å². The average molecular weight is 382 g/mol. The molecule has 0 radical (unpaired) electrons. The molecule has 150 valence electrons. The smallest absolute Gasteiger partial charge is 0.274 e. The fraction of sp³-hybridized carbons (Fsp3) is 0.500. The molecule has 2 heterocycles. The van der Waals surface area contributed by atoms with Gasteiger partial charge >= 0.3 is 0 Å². The van der Waals surface area contributed by atoms with Gasteiger partial charge in [0.2, 0.25) is 5.95 Å². The van der Waals surface area contributed by atoms with E-state index < -0.39 is 0 Å². The molecule has 1 amide bonds. The van der Waals surface area contributed by atoms with Crippen molar-refractivity contribution in [2.24, 2.45) is 0 Å². The van der Waals surface area contributed by atoms with Crippen molar-refractivity contribution in [3.05, 3.63) is 41.7 Å². The van der Waals surface area contributed by atoms with Gasteiger partial charge in [-0.25, -0.2) is 9.97 Å². The van der Waals surface area contributed by atoms with E-state index in [-0.39, 0.29) is 5.91 Å². The minimum Gasteiger partial charge on any atom is -0.372 e. The molecule has 0 bridgehead atoms. The Morgan fingerprint density at radius 2 is 1.86 bits per heavy atom. The number of amides is 1. The van der Waals surface area contributed by atoms with Gasteiger partial charge in [-0.15, -0.1) is 0 Å². The van der Waals surface area contributed by atoms with E-state index in [4.69, 9.17) is 0 Å². The third kappa shape index (κ3) is 5.21. The number of hydrogen-bond acceptors (Lipinski definition) is 5. The van der Waals surface area contributed by atoms with E-state index in [2.05, 4.69) is 39.2 Å². The molecule has 1 aliphatic heterocycles. The van der Waals surface area contributed by atoms with E-state index in [1.165, 1.54) is 24.9 Å². The van der Waals surface area contributed by atoms with Crippen molar-refractivity contribution in [1.82, 2.24) is 9.97 Å². The second-order valence-corrected chi connectivity index (χ2v) is 7.52. The van der Waals surface area contributed by atoms with Crippen LogP contribution in [0, 0.1) is 6.92 Å². The summed E-state index contributed by atoms with van der Waals surface area (Å²) in [5.41, 5.74) is 3.18. The van der Waals surface area contributed by atoms with Crippen LogP contribution in [0.5, 0.6) is 0 Å². The third-order valence-corrected chi connectivity index (χ3v) is 5.11. The van der Waals surface area contributed by atoms with Crippen molar-refractivity contribution in [1.29, 1.82) is 0 Å². The highest BCUT2D eigenvalue weighted by Crippen LogP contribution is 2.22. The molecule has 1 aromatic carbocycles. The number of rotatable bonds is 7. The second kappa shape index (κ2) is 9.53. The number of anilines is 3. The molecule has 6 heteroatoms. The van der Waals surface area contributed by atoms with Gasteiger partial charge < -0.3 is 15.1 Å². The Balaban J connectivity index is 1.67. The topological polar surface area (TPSA) is 61.4 Å². The van der Waals surface area contributed by atoms with Crippen LogP contribution in [0.25, 0.3) is 0 Å². The van der Waals surface area contributed by atoms with E-state index in [1.807, 2.05) is 31.0 Å². The minimum atomic E-state index is -0.207. The van der Waals surface area contributed by atoms with E-state index in [1.54, 1.807) is 6.07 Å². The Kier molecular flexibility index (Phi) is 6.85. The summed E-state index contributed by atoms with van der Waals surface area (Å²) >= 11 is 0. The molecule has 2 aromatic rings. The van der Waals surface area contributed by atoms with E-state index in [9.17, 15) is 4.79 Å². The van der Waals surface area contributed by atoms with Crippen LogP contribution < -0.4 is 15.1 Å². The molecule has 1 saturated heterocycles. The number of benzene rings is 1. The summed E-state index contributed by atoms with van der Waals surface area (Å²) < 4.78 is 0. The first-order valence-corrected chi connectivity index (χ1v) is 10.3. The van der Waals surface area contributed by atoms with E-state index in [0.717, 1.165) is 43.9 Å². The number of carbonyl (C=O) groups is 1. The maximum absolute atomic E-state index is 12.7. The standard InChI is InChI=1S/C22H31N5O/c1-4-5-13-26(3)22-23-17(2)16-20(25-22)21(28)24-18-9-11-19(12-10-18)27-14-7-6-8-15-27/h9-12,16H,4-8,13-15H2,1-3H3,(H,24,28). The number of piperidine rings is 1. The highest BCUT2D eigenvalue weighted by Gasteiger charge is 2.14. The summed E-state index contributed by atoms with van der Waals surface area (Å²) in [4.78, 5) is 26.1. The summed E-state index contributed by atoms with van der Waals surface area (Å²) in [6, 6.07) is 9.81. The molecule has 0 unspecified atom stereocenters. The van der Waals surface area contributed by atoms with E-state index >= 15 is 0 Å². The fourth-order valence-corrected chi connectivity index (χ4v) is 3.44. The number of nitrogens with zero attached hydrogens (tertiary/aromatic N) is 4. The molecular formula is C22H31N5O. The SMILES string of the molecule is CCCCN(C)c1nc(C)cc(C(=O)Nc2ccc(N3CCCCC3)cc2)n1. The highest BCUT2D eigenvalue weighted by molar-refractivity contribution is 6.03. The largest absolute Gasteiger partial charge is 0.372 e. The minimum absolute atomic E-state index is 0.207. The van der Waals surface area contributed by atoms with Gasteiger partial charge in [-0.1, -0.05) is 13.3 Å². The Bertz CT molecular complexity index is 784. The molecule has 1 fully saturated rings. The predicted molar refractivity (Wildman–Crippen MR) is 115 cm³/mol. The van der Waals surface area contributed by atoms with Crippen molar-refractivity contribution in [2.45, 2.75) is 46.0 Å². The molecule has 3 rings (SSSR count). The molecule has 1 N–H and O–H groups in total. The lowest BCUT2D eigenvalue weighted by Gasteiger charge is -2.28. The number of carbonyl (C=O) groups excluding carboxylic acids is 1. The van der Waals surface area contributed by atoms with Gasteiger partial charge in [0.05, 0.1) is 0 Å². The molecule has 1 aromatic heterocycles. The van der Waals surface area contributed by atoms with Gasteiger partial charge in [-0.2, -0.15) is 0 Å². The molecule has 0 aliphatic carbocycles. The molecule has 0 saturated carbocycles. The zero-order valence-electron chi connectivity index (χ0n) is 17.2. The lowest BCUT2D eigenvalue weighted by molar-refractivity contribution is 0.102. The van der Waals surface area contributed by atoms with Crippen LogP contribution in [0.3, 0.4) is 0 Å². The maximum Gasteiger partial charge on any atom is 0.274 e. The second-order valence-electron chi connectivity index (χ2n) is 7.52. The van der Waals surface area contributed by atoms with Gasteiger partial charge in [0, 0.05) is 43.8 Å². The van der Waals surface area contributed by atoms with Crippen LogP contribution in [-0.4, -0.2) is 42.6 Å². The average Bonchev–Trinajstić information content (AvgIpc) is 2.72. The quantitative estimate of drug-likeness (QED) is 0.776. The van der Waals surface area contributed by atoms with E-state index in [0.29, 0.717) is 11.6 Å². The van der Waals surface area contributed by atoms with Gasteiger partial charge in [-0.05, 0) is 62.9 Å². The van der Waals surface area contributed by atoms with Crippen LogP contribution in [0.15, 0.2) is 30.3 Å². The first-order chi connectivity index (χ1) is 13.6. The van der Waals surface area contributed by atoms with Crippen molar-refractivity contribution < 1.29 is 4.79 Å². The van der Waals surface area contributed by atoms with Gasteiger partial charge in [0.1, 0.15) is 5.69 Å². The predicted octanol–water partition coefficient (Wildman–Crippen LogP) is 4.26. The van der Waals surface area contributed by atoms with Crippen molar-refractivity contribution in [3.8, 4) is 0 Å². The lowest BCUT2D eigenvalue weighted by Crippen LogP contribution is -2.29. The summed E-state index contributed by atoms with van der Waals surface area (Å²) in [5, 5.41) is 2.96. The van der Waals surface area contributed by atoms with Crippen LogP contribution >= 0.6 is 0 Å². The summed E-state index contributed by atoms with van der Waals surface area (Å²) in [6.07, 6.45) is 6.00. The summed E-state index contributed by atoms with van der Waals surface area (Å²) in [6.45, 7) is 7.14. The van der Waals surface area contributed by atoms with Crippen LogP contribution in [0.2, 0.25) is 0 Å². The lowest BCUT2D eigenvalue weighted by atomic mass is 10.1. The summed E-state index contributed by atoms with van der Waals surface area (Å²) in [5.74, 6) is 0.389. The van der Waals surface area contributed by atoms with Crippen molar-refractivity contribution >= 4 is 23.2 Å². The zero-order valence-corrected chi connectivity index (χ0v) is 17.2. The Morgan fingerprint density at radius 1 is 1.14 bits per heavy atom. The third-order valence-electron chi connectivity index (χ3n) is 5.11. The van der Waals surface area contributed by atoms with Gasteiger partial charge in [-0.3, -0.25) is 4.79 Å². The molecule has 1 aliphatic rings. The monoisotopic (exact) mass is 381 g/mol. The molecule has 6 nitrogen and oxygen atoms in total. The molecule has 0 atom stereocenters. The highest BCUT2D eigenvalue weighted by atomic mass is 16.1. The normalized spacial score (nSPS) is 14.0. The molecular weight excluding hydrogens is 350 g/mol. The van der Waals surface area contributed by atoms with Crippen LogP contribution in [-0.2, 0) is 0 Å². The molecule has 28 heavy (non-hydrogen) atoms. The number of aryl methyl sites for hydroxylation is 1. The maximum atomic E-state index is 12.7. The summed E-state index contributed by atoms with van der Waals surface area (Å²) in [7, 11) is 1.96. The number of nitrogens with one attached hydrogen (secondary N) is 1. The van der Waals surface area contributed by atoms with Crippen LogP contribution in [0.4, 0.5) is 17.3 Å². The number of aromatic nitrogens is 2.